The largest absolute Gasteiger partial charge is 0.494 e. The van der Waals surface area contributed by atoms with Crippen LogP contribution in [0, 0.1) is 0 Å². The summed E-state index contributed by atoms with van der Waals surface area (Å²) in [6.45, 7) is 7.31. The monoisotopic (exact) mass is 621 g/mol. The molecular formula is C42H68O3. The maximum atomic E-state index is 12.4. The van der Waals surface area contributed by atoms with E-state index in [2.05, 4.69) is 62.4 Å². The van der Waals surface area contributed by atoms with Crippen molar-refractivity contribution in [3.63, 3.8) is 0 Å². The maximum absolute atomic E-state index is 12.4. The van der Waals surface area contributed by atoms with Gasteiger partial charge in [0.05, 0.1) is 6.61 Å². The average molecular weight is 621 g/mol. The Balaban J connectivity index is 1.53. The SMILES string of the molecule is CCCCCCCCCCCCCCCOc1ccc(-c2ccc(C(C)OC(=O)CCCCCCCCCCCC)cc2)cc1. The lowest BCUT2D eigenvalue weighted by Crippen LogP contribution is -2.08. The van der Waals surface area contributed by atoms with Gasteiger partial charge in [0.1, 0.15) is 11.9 Å². The average Bonchev–Trinajstić information content (AvgIpc) is 3.06. The second-order valence-electron chi connectivity index (χ2n) is 13.3. The number of carbonyl (C=O) groups excluding carboxylic acids is 1. The van der Waals surface area contributed by atoms with Gasteiger partial charge >= 0.3 is 5.97 Å². The molecule has 0 bridgehead atoms. The lowest BCUT2D eigenvalue weighted by molar-refractivity contribution is -0.148. The Morgan fingerprint density at radius 2 is 0.889 bits per heavy atom. The van der Waals surface area contributed by atoms with Crippen molar-refractivity contribution in [3.05, 3.63) is 54.1 Å². The summed E-state index contributed by atoms with van der Waals surface area (Å²) in [5.41, 5.74) is 3.36. The summed E-state index contributed by atoms with van der Waals surface area (Å²) in [5.74, 6) is 0.859. The van der Waals surface area contributed by atoms with E-state index in [1.165, 1.54) is 134 Å². The third kappa shape index (κ3) is 19.7. The zero-order valence-corrected chi connectivity index (χ0v) is 29.6. The fourth-order valence-electron chi connectivity index (χ4n) is 6.08. The van der Waals surface area contributed by atoms with Crippen LogP contribution in [0.4, 0.5) is 0 Å². The molecule has 254 valence electrons. The van der Waals surface area contributed by atoms with Gasteiger partial charge in [0.25, 0.3) is 0 Å². The molecular weight excluding hydrogens is 552 g/mol. The molecule has 0 heterocycles. The number of unbranched alkanes of at least 4 members (excludes halogenated alkanes) is 21. The van der Waals surface area contributed by atoms with E-state index in [0.29, 0.717) is 6.42 Å². The van der Waals surface area contributed by atoms with Crippen LogP contribution in [0.5, 0.6) is 5.75 Å². The van der Waals surface area contributed by atoms with Crippen molar-refractivity contribution in [2.24, 2.45) is 0 Å². The fraction of sp³-hybridized carbons (Fsp3) is 0.690. The molecule has 0 aromatic heterocycles. The molecule has 3 heteroatoms. The van der Waals surface area contributed by atoms with E-state index in [0.717, 1.165) is 42.7 Å². The quantitative estimate of drug-likeness (QED) is 0.0670. The van der Waals surface area contributed by atoms with E-state index in [9.17, 15) is 4.79 Å². The molecule has 0 amide bonds. The van der Waals surface area contributed by atoms with Crippen LogP contribution in [0.2, 0.25) is 0 Å². The smallest absolute Gasteiger partial charge is 0.306 e. The number of hydrogen-bond donors (Lipinski definition) is 0. The summed E-state index contributed by atoms with van der Waals surface area (Å²) in [5, 5.41) is 0. The van der Waals surface area contributed by atoms with Crippen molar-refractivity contribution in [3.8, 4) is 16.9 Å². The Morgan fingerprint density at radius 1 is 0.511 bits per heavy atom. The molecule has 0 saturated carbocycles. The minimum absolute atomic E-state index is 0.0828. The number of esters is 1. The third-order valence-corrected chi connectivity index (χ3v) is 9.13. The first-order valence-corrected chi connectivity index (χ1v) is 19.2. The van der Waals surface area contributed by atoms with E-state index >= 15 is 0 Å². The van der Waals surface area contributed by atoms with Crippen LogP contribution < -0.4 is 4.74 Å². The highest BCUT2D eigenvalue weighted by molar-refractivity contribution is 5.70. The van der Waals surface area contributed by atoms with E-state index in [4.69, 9.17) is 9.47 Å². The van der Waals surface area contributed by atoms with Crippen LogP contribution in [-0.4, -0.2) is 12.6 Å². The first kappa shape index (κ1) is 38.9. The highest BCUT2D eigenvalue weighted by Gasteiger charge is 2.12. The lowest BCUT2D eigenvalue weighted by atomic mass is 10.0. The van der Waals surface area contributed by atoms with Gasteiger partial charge in [-0.05, 0) is 48.6 Å². The first-order valence-electron chi connectivity index (χ1n) is 19.2. The van der Waals surface area contributed by atoms with Gasteiger partial charge in [-0.3, -0.25) is 4.79 Å². The van der Waals surface area contributed by atoms with Crippen molar-refractivity contribution < 1.29 is 14.3 Å². The van der Waals surface area contributed by atoms with Gasteiger partial charge in [-0.25, -0.2) is 0 Å². The van der Waals surface area contributed by atoms with Crippen LogP contribution >= 0.6 is 0 Å². The fourth-order valence-corrected chi connectivity index (χ4v) is 6.08. The van der Waals surface area contributed by atoms with E-state index in [1.807, 2.05) is 6.92 Å². The molecule has 0 aliphatic rings. The molecule has 2 aromatic carbocycles. The molecule has 2 rings (SSSR count). The van der Waals surface area contributed by atoms with Crippen molar-refractivity contribution in [2.75, 3.05) is 6.61 Å². The molecule has 1 atom stereocenters. The Hall–Kier alpha value is -2.29. The summed E-state index contributed by atoms with van der Waals surface area (Å²) < 4.78 is 11.7. The minimum Gasteiger partial charge on any atom is -0.494 e. The zero-order chi connectivity index (χ0) is 32.2. The molecule has 1 unspecified atom stereocenters. The van der Waals surface area contributed by atoms with Gasteiger partial charge < -0.3 is 9.47 Å². The van der Waals surface area contributed by atoms with Crippen molar-refractivity contribution in [1.82, 2.24) is 0 Å². The Kier molecular flexibility index (Phi) is 23.2. The molecule has 2 aromatic rings. The Morgan fingerprint density at radius 3 is 1.33 bits per heavy atom. The van der Waals surface area contributed by atoms with Gasteiger partial charge in [0, 0.05) is 6.42 Å². The maximum Gasteiger partial charge on any atom is 0.306 e. The summed E-state index contributed by atoms with van der Waals surface area (Å²) in [4.78, 5) is 12.4. The number of hydrogen-bond acceptors (Lipinski definition) is 3. The number of carbonyl (C=O) groups is 1. The Bertz CT molecular complexity index is 949. The van der Waals surface area contributed by atoms with Gasteiger partial charge in [-0.1, -0.05) is 185 Å². The second kappa shape index (κ2) is 26.9. The molecule has 0 fully saturated rings. The minimum atomic E-state index is -0.226. The van der Waals surface area contributed by atoms with Crippen molar-refractivity contribution >= 4 is 5.97 Å². The van der Waals surface area contributed by atoms with Crippen LogP contribution in [0.25, 0.3) is 11.1 Å². The molecule has 3 nitrogen and oxygen atoms in total. The van der Waals surface area contributed by atoms with Crippen molar-refractivity contribution in [1.29, 1.82) is 0 Å². The van der Waals surface area contributed by atoms with Gasteiger partial charge in [-0.15, -0.1) is 0 Å². The normalized spacial score (nSPS) is 11.9. The molecule has 0 aliphatic heterocycles. The third-order valence-electron chi connectivity index (χ3n) is 9.13. The van der Waals surface area contributed by atoms with Crippen molar-refractivity contribution in [2.45, 2.75) is 181 Å². The van der Waals surface area contributed by atoms with Crippen LogP contribution in [-0.2, 0) is 9.53 Å². The van der Waals surface area contributed by atoms with E-state index < -0.39 is 0 Å². The molecule has 45 heavy (non-hydrogen) atoms. The summed E-state index contributed by atoms with van der Waals surface area (Å²) in [7, 11) is 0. The summed E-state index contributed by atoms with van der Waals surface area (Å²) in [6, 6.07) is 16.8. The van der Waals surface area contributed by atoms with E-state index in [-0.39, 0.29) is 12.1 Å². The molecule has 0 N–H and O–H groups in total. The van der Waals surface area contributed by atoms with Gasteiger partial charge in [0.15, 0.2) is 0 Å². The number of rotatable bonds is 29. The summed E-state index contributed by atoms with van der Waals surface area (Å²) in [6.07, 6.45) is 30.8. The van der Waals surface area contributed by atoms with Gasteiger partial charge in [0.2, 0.25) is 0 Å². The molecule has 0 saturated heterocycles. The predicted octanol–water partition coefficient (Wildman–Crippen LogP) is 13.7. The highest BCUT2D eigenvalue weighted by atomic mass is 16.5. The number of ether oxygens (including phenoxy) is 2. The topological polar surface area (TPSA) is 35.5 Å². The lowest BCUT2D eigenvalue weighted by Gasteiger charge is -2.14. The molecule has 0 aliphatic carbocycles. The molecule has 0 radical (unpaired) electrons. The number of benzene rings is 2. The highest BCUT2D eigenvalue weighted by Crippen LogP contribution is 2.26. The van der Waals surface area contributed by atoms with E-state index in [1.54, 1.807) is 0 Å². The van der Waals surface area contributed by atoms with Gasteiger partial charge in [-0.2, -0.15) is 0 Å². The molecule has 0 spiro atoms. The zero-order valence-electron chi connectivity index (χ0n) is 29.6. The first-order chi connectivity index (χ1) is 22.1. The van der Waals surface area contributed by atoms with Crippen LogP contribution in [0.15, 0.2) is 48.5 Å². The Labute approximate surface area is 278 Å². The van der Waals surface area contributed by atoms with Crippen LogP contribution in [0.3, 0.4) is 0 Å². The van der Waals surface area contributed by atoms with Crippen LogP contribution in [0.1, 0.15) is 187 Å². The predicted molar refractivity (Wildman–Crippen MR) is 194 cm³/mol. The second-order valence-corrected chi connectivity index (χ2v) is 13.3. The standard InChI is InChI=1S/C42H68O3/c1-4-6-8-10-12-14-16-17-18-20-22-24-26-36-44-41-34-32-40(33-35-41)39-30-28-38(29-31-39)37(3)45-42(43)27-25-23-21-19-15-13-11-9-7-5-2/h28-35,37H,4-27,36H2,1-3H3. The summed E-state index contributed by atoms with van der Waals surface area (Å²) >= 11 is 0.